The molecule has 0 unspecified atom stereocenters. The van der Waals surface area contributed by atoms with Gasteiger partial charge in [-0.15, -0.1) is 0 Å². The van der Waals surface area contributed by atoms with Crippen LogP contribution in [-0.4, -0.2) is 62.0 Å². The summed E-state index contributed by atoms with van der Waals surface area (Å²) in [5, 5.41) is 1.44. The zero-order chi connectivity index (χ0) is 22.9. The largest absolute Gasteiger partial charge is 0.432 e. The highest BCUT2D eigenvalue weighted by Crippen LogP contribution is 2.27. The lowest BCUT2D eigenvalue weighted by atomic mass is 9.97. The lowest BCUT2D eigenvalue weighted by molar-refractivity contribution is -0.136. The molecule has 8 heteroatoms. The van der Waals surface area contributed by atoms with Crippen LogP contribution < -0.4 is 4.74 Å². The summed E-state index contributed by atoms with van der Waals surface area (Å²) in [5.41, 5.74) is 4.16. The smallest absolute Gasteiger partial charge is 0.264 e. The van der Waals surface area contributed by atoms with E-state index in [1.165, 1.54) is 0 Å². The molecule has 1 saturated heterocycles. The molecule has 0 spiro atoms. The molecule has 33 heavy (non-hydrogen) atoms. The fourth-order valence-electron chi connectivity index (χ4n) is 4.60. The molecule has 2 aromatic heterocycles. The summed E-state index contributed by atoms with van der Waals surface area (Å²) in [7, 11) is 0. The molecule has 1 aliphatic heterocycles. The summed E-state index contributed by atoms with van der Waals surface area (Å²) in [5.74, 6) is 0.784. The molecule has 0 saturated carbocycles. The first-order chi connectivity index (χ1) is 16.1. The van der Waals surface area contributed by atoms with Crippen LogP contribution in [0, 0.1) is 5.92 Å². The Morgan fingerprint density at radius 1 is 1.18 bits per heavy atom. The van der Waals surface area contributed by atoms with Crippen LogP contribution in [0.2, 0.25) is 0 Å². The van der Waals surface area contributed by atoms with E-state index < -0.39 is 0 Å². The highest BCUT2D eigenvalue weighted by Gasteiger charge is 2.30. The van der Waals surface area contributed by atoms with Crippen molar-refractivity contribution < 1.29 is 9.53 Å². The van der Waals surface area contributed by atoms with Gasteiger partial charge in [0.2, 0.25) is 5.91 Å². The van der Waals surface area contributed by atoms with E-state index in [1.807, 2.05) is 66.1 Å². The number of thiocarbonyl (C=S) groups is 1. The molecule has 1 N–H and O–H groups in total. The maximum Gasteiger partial charge on any atom is 0.264 e. The molecule has 0 bridgehead atoms. The number of carbonyl (C=O) groups excluding carboxylic acids is 1. The van der Waals surface area contributed by atoms with E-state index in [2.05, 4.69) is 4.98 Å². The monoisotopic (exact) mass is 461 g/mol. The molecule has 0 aliphatic carbocycles. The highest BCUT2D eigenvalue weighted by atomic mass is 32.1. The molecule has 2 aromatic carbocycles. The van der Waals surface area contributed by atoms with Crippen molar-refractivity contribution in [3.63, 3.8) is 0 Å². The van der Waals surface area contributed by atoms with Gasteiger partial charge in [-0.05, 0) is 57.1 Å². The van der Waals surface area contributed by atoms with Crippen molar-refractivity contribution in [2.24, 2.45) is 5.92 Å². The third-order valence-corrected chi connectivity index (χ3v) is 6.72. The number of hydrogen-bond donors (Lipinski definition) is 1. The van der Waals surface area contributed by atoms with E-state index >= 15 is 0 Å². The fraction of sp³-hybridized carbons (Fsp3) is 0.360. The maximum absolute atomic E-state index is 12.8. The zero-order valence-corrected chi connectivity index (χ0v) is 19.7. The quantitative estimate of drug-likeness (QED) is 0.451. The number of rotatable bonds is 4. The van der Waals surface area contributed by atoms with Crippen molar-refractivity contribution in [2.45, 2.75) is 26.7 Å². The normalized spacial score (nSPS) is 16.4. The predicted octanol–water partition coefficient (Wildman–Crippen LogP) is 4.51. The second-order valence-corrected chi connectivity index (χ2v) is 8.75. The topological polar surface area (TPSA) is 74.3 Å². The molecular weight excluding hydrogens is 434 g/mol. The first-order valence-corrected chi connectivity index (χ1v) is 11.9. The Morgan fingerprint density at radius 2 is 2.00 bits per heavy atom. The van der Waals surface area contributed by atoms with Gasteiger partial charge in [0.1, 0.15) is 11.3 Å². The standard InChI is InChI=1S/C25H27N5O2S/c1-3-29(4-2)24(31)16-8-7-13-30(15-16)25(33)32-17-11-12-20-21(14-17)26-22-18-9-5-6-10-19(18)27-23(22)28-20/h5-6,9-12,14,16H,3-4,7-8,13,15H2,1-2H3,(H,27,28)/t16-/m0/s1. The van der Waals surface area contributed by atoms with E-state index in [4.69, 9.17) is 26.9 Å². The lowest BCUT2D eigenvalue weighted by Gasteiger charge is -2.35. The number of amides is 1. The van der Waals surface area contributed by atoms with Gasteiger partial charge >= 0.3 is 0 Å². The minimum absolute atomic E-state index is 0.0437. The Balaban J connectivity index is 1.35. The van der Waals surface area contributed by atoms with E-state index in [1.54, 1.807) is 0 Å². The summed E-state index contributed by atoms with van der Waals surface area (Å²) in [6, 6.07) is 13.7. The molecule has 1 aliphatic rings. The molecule has 170 valence electrons. The number of carbonyl (C=O) groups is 1. The number of para-hydroxylation sites is 1. The minimum Gasteiger partial charge on any atom is -0.432 e. The van der Waals surface area contributed by atoms with E-state index in [0.29, 0.717) is 17.5 Å². The number of H-pyrrole nitrogens is 1. The number of hydrogen-bond acceptors (Lipinski definition) is 5. The number of aromatic amines is 1. The third kappa shape index (κ3) is 4.11. The van der Waals surface area contributed by atoms with Gasteiger partial charge in [0.05, 0.1) is 17.0 Å². The maximum atomic E-state index is 12.8. The van der Waals surface area contributed by atoms with Crippen LogP contribution in [0.25, 0.3) is 33.1 Å². The van der Waals surface area contributed by atoms with Crippen molar-refractivity contribution in [3.8, 4) is 5.75 Å². The molecule has 4 aromatic rings. The van der Waals surface area contributed by atoms with Gasteiger partial charge in [-0.1, -0.05) is 18.2 Å². The molecule has 5 rings (SSSR count). The van der Waals surface area contributed by atoms with Crippen LogP contribution in [0.5, 0.6) is 5.75 Å². The molecule has 0 radical (unpaired) electrons. The van der Waals surface area contributed by atoms with Crippen molar-refractivity contribution in [2.75, 3.05) is 26.2 Å². The highest BCUT2D eigenvalue weighted by molar-refractivity contribution is 7.80. The number of nitrogens with one attached hydrogen (secondary N) is 1. The van der Waals surface area contributed by atoms with Crippen LogP contribution in [0.15, 0.2) is 42.5 Å². The number of aromatic nitrogens is 3. The Hall–Kier alpha value is -3.26. The van der Waals surface area contributed by atoms with Crippen molar-refractivity contribution in [1.29, 1.82) is 0 Å². The van der Waals surface area contributed by atoms with Gasteiger partial charge in [0, 0.05) is 43.1 Å². The van der Waals surface area contributed by atoms with Crippen LogP contribution >= 0.6 is 12.2 Å². The predicted molar refractivity (Wildman–Crippen MR) is 134 cm³/mol. The van der Waals surface area contributed by atoms with Crippen molar-refractivity contribution in [3.05, 3.63) is 42.5 Å². The first-order valence-electron chi connectivity index (χ1n) is 11.5. The van der Waals surface area contributed by atoms with Crippen LogP contribution in [0.3, 0.4) is 0 Å². The van der Waals surface area contributed by atoms with E-state index in [-0.39, 0.29) is 11.8 Å². The molecule has 7 nitrogen and oxygen atoms in total. The van der Waals surface area contributed by atoms with E-state index in [9.17, 15) is 4.79 Å². The Bertz CT molecular complexity index is 1350. The third-order valence-electron chi connectivity index (χ3n) is 6.38. The average molecular weight is 462 g/mol. The number of ether oxygens (including phenoxy) is 1. The van der Waals surface area contributed by atoms with Gasteiger partial charge in [0.15, 0.2) is 5.65 Å². The van der Waals surface area contributed by atoms with Crippen LogP contribution in [-0.2, 0) is 4.79 Å². The van der Waals surface area contributed by atoms with Gasteiger partial charge in [-0.25, -0.2) is 9.97 Å². The van der Waals surface area contributed by atoms with Gasteiger partial charge in [-0.2, -0.15) is 0 Å². The number of fused-ring (bicyclic) bond motifs is 4. The molecule has 1 fully saturated rings. The summed E-state index contributed by atoms with van der Waals surface area (Å²) >= 11 is 5.60. The SMILES string of the molecule is CCN(CC)C(=O)[C@H]1CCCN(C(=S)Oc2ccc3nc4[nH]c5ccccc5c4nc3c2)C1. The Kier molecular flexibility index (Phi) is 5.85. The summed E-state index contributed by atoms with van der Waals surface area (Å²) in [4.78, 5) is 29.6. The van der Waals surface area contributed by atoms with E-state index in [0.717, 1.165) is 65.6 Å². The summed E-state index contributed by atoms with van der Waals surface area (Å²) < 4.78 is 6.04. The second kappa shape index (κ2) is 8.94. The number of nitrogens with zero attached hydrogens (tertiary/aromatic N) is 4. The van der Waals surface area contributed by atoms with Crippen LogP contribution in [0.4, 0.5) is 0 Å². The van der Waals surface area contributed by atoms with Crippen LogP contribution in [0.1, 0.15) is 26.7 Å². The van der Waals surface area contributed by atoms with Gasteiger partial charge in [-0.3, -0.25) is 4.79 Å². The Morgan fingerprint density at radius 3 is 2.82 bits per heavy atom. The zero-order valence-electron chi connectivity index (χ0n) is 18.9. The summed E-state index contributed by atoms with van der Waals surface area (Å²) in [6.07, 6.45) is 1.81. The fourth-order valence-corrected chi connectivity index (χ4v) is 4.86. The molecule has 3 heterocycles. The molecular formula is C25H27N5O2S. The lowest BCUT2D eigenvalue weighted by Crippen LogP contribution is -2.47. The van der Waals surface area contributed by atoms with Gasteiger partial charge < -0.3 is 19.5 Å². The Labute approximate surface area is 197 Å². The number of likely N-dealkylation sites (tertiary alicyclic amines) is 1. The second-order valence-electron chi connectivity index (χ2n) is 8.41. The summed E-state index contributed by atoms with van der Waals surface area (Å²) in [6.45, 7) is 6.88. The first kappa shape index (κ1) is 21.6. The number of piperidine rings is 1. The number of benzene rings is 2. The van der Waals surface area contributed by atoms with Crippen molar-refractivity contribution >= 4 is 56.4 Å². The minimum atomic E-state index is -0.0437. The average Bonchev–Trinajstić information content (AvgIpc) is 3.20. The van der Waals surface area contributed by atoms with Crippen molar-refractivity contribution in [1.82, 2.24) is 24.8 Å². The van der Waals surface area contributed by atoms with Gasteiger partial charge in [0.25, 0.3) is 5.17 Å². The molecule has 1 atom stereocenters. The molecule has 1 amide bonds.